The third-order valence-electron chi connectivity index (χ3n) is 2.15. The molecule has 2 rings (SSSR count). The molecule has 2 aromatic rings. The fourth-order valence-electron chi connectivity index (χ4n) is 1.41. The highest BCUT2D eigenvalue weighted by Gasteiger charge is 2.37. The van der Waals surface area contributed by atoms with Crippen molar-refractivity contribution in [3.05, 3.63) is 43.6 Å². The molecule has 0 N–H and O–H groups in total. The molecule has 102 valence electrons. The maximum absolute atomic E-state index is 12.7. The van der Waals surface area contributed by atoms with Gasteiger partial charge in [0.1, 0.15) is 5.69 Å². The molecular formula is C10H3BrCl3F3N2. The molecule has 0 radical (unpaired) electrons. The van der Waals surface area contributed by atoms with Crippen LogP contribution in [0.25, 0.3) is 5.69 Å². The van der Waals surface area contributed by atoms with E-state index in [2.05, 4.69) is 21.0 Å². The van der Waals surface area contributed by atoms with Gasteiger partial charge in [0.15, 0.2) is 5.69 Å². The topological polar surface area (TPSA) is 17.8 Å². The monoisotopic (exact) mass is 392 g/mol. The van der Waals surface area contributed by atoms with Crippen molar-refractivity contribution < 1.29 is 13.2 Å². The summed E-state index contributed by atoms with van der Waals surface area (Å²) in [5.41, 5.74) is -0.932. The van der Waals surface area contributed by atoms with Crippen LogP contribution in [0.3, 0.4) is 0 Å². The summed E-state index contributed by atoms with van der Waals surface area (Å²) in [5.74, 6) is 0. The maximum Gasteiger partial charge on any atom is 0.436 e. The zero-order chi connectivity index (χ0) is 14.4. The van der Waals surface area contributed by atoms with Crippen molar-refractivity contribution in [3.8, 4) is 5.69 Å². The van der Waals surface area contributed by atoms with E-state index in [1.807, 2.05) is 0 Å². The number of hydrogen-bond donors (Lipinski definition) is 0. The van der Waals surface area contributed by atoms with E-state index in [1.165, 1.54) is 12.1 Å². The van der Waals surface area contributed by atoms with Crippen molar-refractivity contribution in [1.82, 2.24) is 9.78 Å². The van der Waals surface area contributed by atoms with Crippen LogP contribution in [0.5, 0.6) is 0 Å². The quantitative estimate of drug-likeness (QED) is 0.614. The van der Waals surface area contributed by atoms with Crippen molar-refractivity contribution in [1.29, 1.82) is 0 Å². The standard InChI is InChI=1S/C10H3BrCl3F3N2/c11-5-3-19(18-9(5)10(15,16)17)8-6(13)1-4(12)2-7(8)14/h1-3H. The summed E-state index contributed by atoms with van der Waals surface area (Å²) >= 11 is 20.4. The molecule has 0 aliphatic heterocycles. The minimum Gasteiger partial charge on any atom is -0.236 e. The molecule has 0 unspecified atom stereocenters. The summed E-state index contributed by atoms with van der Waals surface area (Å²) < 4.78 is 38.7. The normalized spacial score (nSPS) is 11.9. The summed E-state index contributed by atoms with van der Waals surface area (Å²) in [6, 6.07) is 2.74. The van der Waals surface area contributed by atoms with E-state index in [9.17, 15) is 13.2 Å². The van der Waals surface area contributed by atoms with Crippen molar-refractivity contribution in [2.75, 3.05) is 0 Å². The van der Waals surface area contributed by atoms with Crippen LogP contribution in [0, 0.1) is 0 Å². The van der Waals surface area contributed by atoms with E-state index >= 15 is 0 Å². The van der Waals surface area contributed by atoms with Gasteiger partial charge in [-0.2, -0.15) is 18.3 Å². The first-order valence-electron chi connectivity index (χ1n) is 4.67. The molecule has 0 bridgehead atoms. The Morgan fingerprint density at radius 1 is 1.11 bits per heavy atom. The summed E-state index contributed by atoms with van der Waals surface area (Å²) in [4.78, 5) is 0. The first kappa shape index (κ1) is 15.0. The molecule has 9 heteroatoms. The molecule has 0 saturated carbocycles. The fourth-order valence-corrected chi connectivity index (χ4v) is 2.90. The number of rotatable bonds is 1. The summed E-state index contributed by atoms with van der Waals surface area (Å²) in [6.45, 7) is 0. The Morgan fingerprint density at radius 2 is 1.63 bits per heavy atom. The van der Waals surface area contributed by atoms with E-state index in [1.54, 1.807) is 0 Å². The van der Waals surface area contributed by atoms with Crippen LogP contribution in [0.4, 0.5) is 13.2 Å². The lowest BCUT2D eigenvalue weighted by Crippen LogP contribution is -2.08. The van der Waals surface area contributed by atoms with E-state index in [-0.39, 0.29) is 25.2 Å². The summed E-state index contributed by atoms with van der Waals surface area (Å²) in [6.07, 6.45) is -3.45. The fraction of sp³-hybridized carbons (Fsp3) is 0.100. The average molecular weight is 394 g/mol. The molecular weight excluding hydrogens is 391 g/mol. The lowest BCUT2D eigenvalue weighted by atomic mass is 10.3. The van der Waals surface area contributed by atoms with Crippen molar-refractivity contribution in [2.45, 2.75) is 6.18 Å². The van der Waals surface area contributed by atoms with Gasteiger partial charge in [-0.15, -0.1) is 0 Å². The van der Waals surface area contributed by atoms with Crippen LogP contribution in [0.15, 0.2) is 22.8 Å². The van der Waals surface area contributed by atoms with Gasteiger partial charge >= 0.3 is 6.18 Å². The van der Waals surface area contributed by atoms with Crippen LogP contribution in [0.1, 0.15) is 5.69 Å². The number of nitrogens with zero attached hydrogens (tertiary/aromatic N) is 2. The number of alkyl halides is 3. The van der Waals surface area contributed by atoms with Crippen LogP contribution >= 0.6 is 50.7 Å². The Hall–Kier alpha value is -0.430. The predicted molar refractivity (Wildman–Crippen MR) is 71.3 cm³/mol. The second-order valence-corrected chi connectivity index (χ2v) is 5.59. The first-order chi connectivity index (χ1) is 8.70. The SMILES string of the molecule is FC(F)(F)c1nn(-c2c(Cl)cc(Cl)cc2Cl)cc1Br. The zero-order valence-electron chi connectivity index (χ0n) is 8.77. The smallest absolute Gasteiger partial charge is 0.236 e. The Morgan fingerprint density at radius 3 is 2.05 bits per heavy atom. The van der Waals surface area contributed by atoms with Crippen molar-refractivity contribution in [2.24, 2.45) is 0 Å². The lowest BCUT2D eigenvalue weighted by molar-refractivity contribution is -0.141. The van der Waals surface area contributed by atoms with Crippen LogP contribution in [-0.2, 0) is 6.18 Å². The van der Waals surface area contributed by atoms with E-state index < -0.39 is 11.9 Å². The lowest BCUT2D eigenvalue weighted by Gasteiger charge is -2.07. The van der Waals surface area contributed by atoms with Gasteiger partial charge < -0.3 is 0 Å². The minimum atomic E-state index is -4.57. The molecule has 0 fully saturated rings. The van der Waals surface area contributed by atoms with E-state index in [0.717, 1.165) is 10.9 Å². The molecule has 2 nitrogen and oxygen atoms in total. The summed E-state index contributed by atoms with van der Waals surface area (Å²) in [5, 5.41) is 3.91. The molecule has 19 heavy (non-hydrogen) atoms. The molecule has 0 aliphatic carbocycles. The Bertz CT molecular complexity index is 616. The summed E-state index contributed by atoms with van der Waals surface area (Å²) in [7, 11) is 0. The molecule has 0 amide bonds. The Kier molecular flexibility index (Phi) is 4.07. The van der Waals surface area contributed by atoms with Crippen molar-refractivity contribution >= 4 is 50.7 Å². The van der Waals surface area contributed by atoms with Gasteiger partial charge in [0, 0.05) is 11.2 Å². The van der Waals surface area contributed by atoms with Gasteiger partial charge in [-0.25, -0.2) is 4.68 Å². The second-order valence-electron chi connectivity index (χ2n) is 3.49. The number of aromatic nitrogens is 2. The highest BCUT2D eigenvalue weighted by molar-refractivity contribution is 9.10. The zero-order valence-corrected chi connectivity index (χ0v) is 12.6. The van der Waals surface area contributed by atoms with Gasteiger partial charge in [0.25, 0.3) is 0 Å². The largest absolute Gasteiger partial charge is 0.436 e. The number of hydrogen-bond acceptors (Lipinski definition) is 1. The molecule has 1 heterocycles. The number of benzene rings is 1. The highest BCUT2D eigenvalue weighted by Crippen LogP contribution is 2.37. The molecule has 1 aromatic heterocycles. The molecule has 1 aromatic carbocycles. The molecule has 0 saturated heterocycles. The maximum atomic E-state index is 12.7. The van der Waals surface area contributed by atoms with Gasteiger partial charge in [-0.05, 0) is 28.1 Å². The highest BCUT2D eigenvalue weighted by atomic mass is 79.9. The van der Waals surface area contributed by atoms with Gasteiger partial charge in [0.2, 0.25) is 0 Å². The Labute approximate surface area is 129 Å². The van der Waals surface area contributed by atoms with Gasteiger partial charge in [-0.3, -0.25) is 0 Å². The number of halogens is 7. The minimum absolute atomic E-state index is 0.0984. The van der Waals surface area contributed by atoms with Crippen LogP contribution in [0.2, 0.25) is 15.1 Å². The third kappa shape index (κ3) is 3.02. The second kappa shape index (κ2) is 5.16. The van der Waals surface area contributed by atoms with E-state index in [4.69, 9.17) is 34.8 Å². The third-order valence-corrected chi connectivity index (χ3v) is 3.52. The van der Waals surface area contributed by atoms with Crippen molar-refractivity contribution in [3.63, 3.8) is 0 Å². The Balaban J connectivity index is 2.61. The molecule has 0 aliphatic rings. The molecule has 0 spiro atoms. The predicted octanol–water partition coefficient (Wildman–Crippen LogP) is 5.61. The van der Waals surface area contributed by atoms with Gasteiger partial charge in [0.05, 0.1) is 14.5 Å². The van der Waals surface area contributed by atoms with Gasteiger partial charge in [-0.1, -0.05) is 34.8 Å². The van der Waals surface area contributed by atoms with Crippen LogP contribution < -0.4 is 0 Å². The van der Waals surface area contributed by atoms with E-state index in [0.29, 0.717) is 0 Å². The first-order valence-corrected chi connectivity index (χ1v) is 6.60. The van der Waals surface area contributed by atoms with Crippen LogP contribution in [-0.4, -0.2) is 9.78 Å². The molecule has 0 atom stereocenters. The average Bonchev–Trinajstić information content (AvgIpc) is 2.57.